The SMILES string of the molecule is O=C1CN(C(=O)c2ccccc2)[C@@H]2CCN(C(=O)NCC3(COc4ccccc4)CCC3)[C@H]12. The number of Topliss-reactive ketones (excluding diaryl/α,β-unsaturated/α-hetero) is 1. The molecule has 1 N–H and O–H groups in total. The van der Waals surface area contributed by atoms with E-state index in [1.165, 1.54) is 0 Å². The normalized spacial score (nSPS) is 23.1. The highest BCUT2D eigenvalue weighted by molar-refractivity contribution is 6.02. The van der Waals surface area contributed by atoms with E-state index in [1.807, 2.05) is 48.5 Å². The van der Waals surface area contributed by atoms with E-state index in [4.69, 9.17) is 4.74 Å². The Balaban J connectivity index is 1.19. The molecule has 3 amide bonds. The van der Waals surface area contributed by atoms with Gasteiger partial charge in [0.15, 0.2) is 5.78 Å². The number of carbonyl (C=O) groups is 3. The Kier molecular flexibility index (Phi) is 5.79. The standard InChI is InChI=1S/C26H29N3O4/c30-22-16-29(24(31)19-8-3-1-4-9-19)21-12-15-28(23(21)22)25(32)27-17-26(13-7-14-26)18-33-20-10-5-2-6-11-20/h1-6,8-11,21,23H,7,12-18H2,(H,27,32)/t21-,23+/m1/s1. The largest absolute Gasteiger partial charge is 0.493 e. The third kappa shape index (κ3) is 4.19. The van der Waals surface area contributed by atoms with Gasteiger partial charge < -0.3 is 19.9 Å². The third-order valence-corrected chi connectivity index (χ3v) is 7.28. The molecule has 2 heterocycles. The molecule has 0 unspecified atom stereocenters. The number of ketones is 1. The first-order valence-corrected chi connectivity index (χ1v) is 11.7. The van der Waals surface area contributed by atoms with Crippen molar-refractivity contribution in [1.29, 1.82) is 0 Å². The molecule has 2 aromatic rings. The van der Waals surface area contributed by atoms with Crippen LogP contribution in [0, 0.1) is 5.41 Å². The first-order chi connectivity index (χ1) is 16.1. The molecule has 0 spiro atoms. The second-order valence-electron chi connectivity index (χ2n) is 9.37. The van der Waals surface area contributed by atoms with Crippen LogP contribution in [0.5, 0.6) is 5.75 Å². The molecule has 5 rings (SSSR count). The summed E-state index contributed by atoms with van der Waals surface area (Å²) in [7, 11) is 0. The van der Waals surface area contributed by atoms with Crippen LogP contribution in [0.4, 0.5) is 4.79 Å². The van der Waals surface area contributed by atoms with Crippen molar-refractivity contribution in [2.75, 3.05) is 26.2 Å². The number of nitrogens with zero attached hydrogens (tertiary/aromatic N) is 2. The van der Waals surface area contributed by atoms with E-state index in [2.05, 4.69) is 5.32 Å². The van der Waals surface area contributed by atoms with Crippen LogP contribution in [0.2, 0.25) is 0 Å². The lowest BCUT2D eigenvalue weighted by molar-refractivity contribution is -0.119. The second-order valence-corrected chi connectivity index (χ2v) is 9.37. The molecule has 3 fully saturated rings. The highest BCUT2D eigenvalue weighted by Gasteiger charge is 2.51. The number of benzene rings is 2. The van der Waals surface area contributed by atoms with Gasteiger partial charge in [-0.15, -0.1) is 0 Å². The molecule has 0 bridgehead atoms. The molecule has 7 heteroatoms. The van der Waals surface area contributed by atoms with E-state index >= 15 is 0 Å². The summed E-state index contributed by atoms with van der Waals surface area (Å²) in [6, 6.07) is 17.7. The van der Waals surface area contributed by atoms with Crippen LogP contribution >= 0.6 is 0 Å². The second kappa shape index (κ2) is 8.89. The van der Waals surface area contributed by atoms with E-state index < -0.39 is 6.04 Å². The highest BCUT2D eigenvalue weighted by Crippen LogP contribution is 2.41. The van der Waals surface area contributed by atoms with Gasteiger partial charge in [-0.2, -0.15) is 0 Å². The molecule has 2 aromatic carbocycles. The lowest BCUT2D eigenvalue weighted by Gasteiger charge is -2.42. The number of hydrogen-bond acceptors (Lipinski definition) is 4. The average Bonchev–Trinajstić information content (AvgIpc) is 3.40. The van der Waals surface area contributed by atoms with E-state index in [1.54, 1.807) is 21.9 Å². The van der Waals surface area contributed by atoms with Gasteiger partial charge in [0.05, 0.1) is 19.2 Å². The minimum Gasteiger partial charge on any atom is -0.493 e. The van der Waals surface area contributed by atoms with Crippen molar-refractivity contribution in [3.63, 3.8) is 0 Å². The van der Waals surface area contributed by atoms with Gasteiger partial charge in [0.25, 0.3) is 5.91 Å². The smallest absolute Gasteiger partial charge is 0.318 e. The molecule has 2 atom stereocenters. The molecule has 7 nitrogen and oxygen atoms in total. The fourth-order valence-electron chi connectivity index (χ4n) is 5.23. The summed E-state index contributed by atoms with van der Waals surface area (Å²) in [5, 5.41) is 3.06. The van der Waals surface area contributed by atoms with Gasteiger partial charge in [-0.1, -0.05) is 42.8 Å². The average molecular weight is 448 g/mol. The van der Waals surface area contributed by atoms with Gasteiger partial charge in [-0.25, -0.2) is 4.79 Å². The minimum absolute atomic E-state index is 0.0572. The molecular formula is C26H29N3O4. The van der Waals surface area contributed by atoms with Crippen LogP contribution in [0.1, 0.15) is 36.0 Å². The van der Waals surface area contributed by atoms with Gasteiger partial charge in [-0.05, 0) is 43.5 Å². The van der Waals surface area contributed by atoms with Crippen molar-refractivity contribution in [2.24, 2.45) is 5.41 Å². The predicted molar refractivity (Wildman–Crippen MR) is 123 cm³/mol. The van der Waals surface area contributed by atoms with Crippen LogP contribution in [0.3, 0.4) is 0 Å². The van der Waals surface area contributed by atoms with Crippen molar-refractivity contribution in [2.45, 2.75) is 37.8 Å². The summed E-state index contributed by atoms with van der Waals surface area (Å²) in [4.78, 5) is 42.1. The van der Waals surface area contributed by atoms with Crippen LogP contribution in [0.25, 0.3) is 0 Å². The summed E-state index contributed by atoms with van der Waals surface area (Å²) in [6.07, 6.45) is 3.75. The Bertz CT molecular complexity index is 1020. The molecule has 0 aromatic heterocycles. The van der Waals surface area contributed by atoms with Crippen molar-refractivity contribution in [3.05, 3.63) is 66.2 Å². The summed E-state index contributed by atoms with van der Waals surface area (Å²) < 4.78 is 5.98. The van der Waals surface area contributed by atoms with Gasteiger partial charge in [0, 0.05) is 24.1 Å². The number of nitrogens with one attached hydrogen (secondary N) is 1. The van der Waals surface area contributed by atoms with Gasteiger partial charge in [0.1, 0.15) is 11.8 Å². The zero-order chi connectivity index (χ0) is 22.8. The first-order valence-electron chi connectivity index (χ1n) is 11.7. The lowest BCUT2D eigenvalue weighted by Crippen LogP contribution is -2.52. The quantitative estimate of drug-likeness (QED) is 0.738. The van der Waals surface area contributed by atoms with Crippen molar-refractivity contribution < 1.29 is 19.1 Å². The maximum Gasteiger partial charge on any atom is 0.318 e. The van der Waals surface area contributed by atoms with Gasteiger partial charge in [-0.3, -0.25) is 9.59 Å². The third-order valence-electron chi connectivity index (χ3n) is 7.28. The maximum atomic E-state index is 13.1. The summed E-state index contributed by atoms with van der Waals surface area (Å²) in [5.74, 6) is 0.616. The number of para-hydroxylation sites is 1. The number of ether oxygens (including phenoxy) is 1. The molecule has 2 aliphatic heterocycles. The molecule has 1 saturated carbocycles. The zero-order valence-electron chi connectivity index (χ0n) is 18.6. The maximum absolute atomic E-state index is 13.1. The Hall–Kier alpha value is -3.35. The van der Waals surface area contributed by atoms with Gasteiger partial charge in [0.2, 0.25) is 0 Å². The molecule has 2 saturated heterocycles. The molecule has 0 radical (unpaired) electrons. The van der Waals surface area contributed by atoms with Crippen molar-refractivity contribution >= 4 is 17.7 Å². The summed E-state index contributed by atoms with van der Waals surface area (Å²) in [5.41, 5.74) is 0.499. The van der Waals surface area contributed by atoms with E-state index in [0.717, 1.165) is 25.0 Å². The van der Waals surface area contributed by atoms with E-state index in [9.17, 15) is 14.4 Å². The Morgan fingerprint density at radius 3 is 2.36 bits per heavy atom. The Morgan fingerprint density at radius 2 is 1.70 bits per heavy atom. The lowest BCUT2D eigenvalue weighted by atomic mass is 9.69. The number of carbonyl (C=O) groups excluding carboxylic acids is 3. The zero-order valence-corrected chi connectivity index (χ0v) is 18.6. The predicted octanol–water partition coefficient (Wildman–Crippen LogP) is 3.11. The van der Waals surface area contributed by atoms with E-state index in [0.29, 0.717) is 31.7 Å². The van der Waals surface area contributed by atoms with Crippen LogP contribution < -0.4 is 10.1 Å². The number of rotatable bonds is 6. The molecule has 33 heavy (non-hydrogen) atoms. The number of likely N-dealkylation sites (tertiary alicyclic amines) is 2. The summed E-state index contributed by atoms with van der Waals surface area (Å²) in [6.45, 7) is 1.61. The highest BCUT2D eigenvalue weighted by atomic mass is 16.5. The van der Waals surface area contributed by atoms with Crippen LogP contribution in [-0.2, 0) is 4.79 Å². The molecule has 172 valence electrons. The van der Waals surface area contributed by atoms with Gasteiger partial charge >= 0.3 is 6.03 Å². The summed E-state index contributed by atoms with van der Waals surface area (Å²) >= 11 is 0. The number of amides is 3. The number of hydrogen-bond donors (Lipinski definition) is 1. The fraction of sp³-hybridized carbons (Fsp3) is 0.423. The van der Waals surface area contributed by atoms with Crippen LogP contribution in [0.15, 0.2) is 60.7 Å². The molecule has 1 aliphatic carbocycles. The van der Waals surface area contributed by atoms with Crippen molar-refractivity contribution in [3.8, 4) is 5.75 Å². The molecule has 3 aliphatic rings. The Morgan fingerprint density at radius 1 is 1.00 bits per heavy atom. The fourth-order valence-corrected chi connectivity index (χ4v) is 5.23. The monoisotopic (exact) mass is 447 g/mol. The number of fused-ring (bicyclic) bond motifs is 1. The van der Waals surface area contributed by atoms with E-state index in [-0.39, 0.29) is 35.7 Å². The number of urea groups is 1. The van der Waals surface area contributed by atoms with Crippen molar-refractivity contribution in [1.82, 2.24) is 15.1 Å². The minimum atomic E-state index is -0.560. The first kappa shape index (κ1) is 21.5. The molecular weight excluding hydrogens is 418 g/mol. The topological polar surface area (TPSA) is 79.0 Å². The van der Waals surface area contributed by atoms with Crippen LogP contribution in [-0.4, -0.2) is 65.8 Å². The Labute approximate surface area is 193 Å².